The van der Waals surface area contributed by atoms with Crippen molar-refractivity contribution in [1.29, 1.82) is 0 Å². The summed E-state index contributed by atoms with van der Waals surface area (Å²) in [5.74, 6) is -1.13. The lowest BCUT2D eigenvalue weighted by molar-refractivity contribution is -0.144. The van der Waals surface area contributed by atoms with Gasteiger partial charge in [-0.15, -0.1) is 0 Å². The number of nitrogens with zero attached hydrogens (tertiary/aromatic N) is 2. The Labute approximate surface area is 173 Å². The average Bonchev–Trinajstić information content (AvgIpc) is 3.20. The molecule has 7 nitrogen and oxygen atoms in total. The predicted octanol–water partition coefficient (Wildman–Crippen LogP) is 3.45. The largest absolute Gasteiger partial charge is 0.467 e. The Morgan fingerprint density at radius 1 is 1.48 bits per heavy atom. The number of aromatic amines is 1. The molecule has 9 heteroatoms. The first-order valence-corrected chi connectivity index (χ1v) is 9.87. The highest BCUT2D eigenvalue weighted by atomic mass is 35.5. The van der Waals surface area contributed by atoms with Crippen molar-refractivity contribution in [3.8, 4) is 0 Å². The zero-order valence-electron chi connectivity index (χ0n) is 16.5. The molecule has 1 aromatic heterocycles. The van der Waals surface area contributed by atoms with Crippen LogP contribution in [0.15, 0.2) is 24.5 Å². The number of fused-ring (bicyclic) bond motifs is 1. The molecule has 2 amide bonds. The highest BCUT2D eigenvalue weighted by Crippen LogP contribution is 2.35. The average molecular weight is 423 g/mol. The molecular weight excluding hydrogens is 399 g/mol. The first-order chi connectivity index (χ1) is 13.9. The second-order valence-electron chi connectivity index (χ2n) is 7.12. The third-order valence-electron chi connectivity index (χ3n) is 5.39. The van der Waals surface area contributed by atoms with Gasteiger partial charge in [-0.1, -0.05) is 37.9 Å². The SMILES string of the molecule is CC[C@@H](C)[C@H](NC(=O)N1CCc2[nH]cnc2[C@@H]1c1ccc(F)c(Cl)c1)C(=O)OC. The van der Waals surface area contributed by atoms with Crippen LogP contribution >= 0.6 is 11.6 Å². The number of benzene rings is 1. The number of rotatable bonds is 5. The highest BCUT2D eigenvalue weighted by molar-refractivity contribution is 6.30. The number of halogens is 2. The number of aromatic nitrogens is 2. The molecule has 0 radical (unpaired) electrons. The summed E-state index contributed by atoms with van der Waals surface area (Å²) in [6.45, 7) is 4.21. The minimum Gasteiger partial charge on any atom is -0.467 e. The van der Waals surface area contributed by atoms with Crippen LogP contribution in [0.3, 0.4) is 0 Å². The molecule has 2 aromatic rings. The van der Waals surface area contributed by atoms with Crippen LogP contribution in [0.1, 0.15) is 43.3 Å². The maximum Gasteiger partial charge on any atom is 0.328 e. The second kappa shape index (κ2) is 8.82. The van der Waals surface area contributed by atoms with E-state index in [0.717, 1.165) is 5.69 Å². The van der Waals surface area contributed by atoms with Gasteiger partial charge < -0.3 is 19.9 Å². The third kappa shape index (κ3) is 4.22. The fraction of sp³-hybridized carbons (Fsp3) is 0.450. The van der Waals surface area contributed by atoms with E-state index in [4.69, 9.17) is 16.3 Å². The fourth-order valence-electron chi connectivity index (χ4n) is 3.53. The van der Waals surface area contributed by atoms with E-state index < -0.39 is 29.9 Å². The molecule has 0 spiro atoms. The molecule has 0 aliphatic carbocycles. The number of amides is 2. The van der Waals surface area contributed by atoms with Crippen molar-refractivity contribution in [3.05, 3.63) is 52.3 Å². The van der Waals surface area contributed by atoms with Crippen LogP contribution in [-0.2, 0) is 16.0 Å². The quantitative estimate of drug-likeness (QED) is 0.722. The number of imidazole rings is 1. The van der Waals surface area contributed by atoms with Crippen molar-refractivity contribution in [3.63, 3.8) is 0 Å². The third-order valence-corrected chi connectivity index (χ3v) is 5.68. The van der Waals surface area contributed by atoms with Crippen molar-refractivity contribution >= 4 is 23.6 Å². The standard InChI is InChI=1S/C20H24ClFN4O3/c1-4-11(2)16(19(27)29-3)25-20(28)26-8-7-15-17(24-10-23-15)18(26)12-5-6-14(22)13(21)9-12/h5-6,9-11,16,18H,4,7-8H2,1-3H3,(H,23,24)(H,25,28)/t11-,16+,18+/m1/s1. The second-order valence-corrected chi connectivity index (χ2v) is 7.53. The molecule has 29 heavy (non-hydrogen) atoms. The summed E-state index contributed by atoms with van der Waals surface area (Å²) >= 11 is 5.98. The molecule has 0 unspecified atom stereocenters. The van der Waals surface area contributed by atoms with Crippen molar-refractivity contribution in [1.82, 2.24) is 20.2 Å². The van der Waals surface area contributed by atoms with Gasteiger partial charge in [0, 0.05) is 18.7 Å². The van der Waals surface area contributed by atoms with Gasteiger partial charge in [-0.3, -0.25) is 0 Å². The lowest BCUT2D eigenvalue weighted by atomic mass is 9.95. The van der Waals surface area contributed by atoms with Crippen LogP contribution < -0.4 is 5.32 Å². The van der Waals surface area contributed by atoms with Gasteiger partial charge >= 0.3 is 12.0 Å². The Kier molecular flexibility index (Phi) is 6.42. The molecule has 156 valence electrons. The van der Waals surface area contributed by atoms with Gasteiger partial charge in [0.05, 0.1) is 24.2 Å². The number of nitrogens with one attached hydrogen (secondary N) is 2. The number of carbonyl (C=O) groups is 2. The molecule has 0 saturated carbocycles. The van der Waals surface area contributed by atoms with Crippen LogP contribution in [0.25, 0.3) is 0 Å². The van der Waals surface area contributed by atoms with Crippen LogP contribution in [0.5, 0.6) is 0 Å². The van der Waals surface area contributed by atoms with Gasteiger partial charge in [-0.2, -0.15) is 0 Å². The van der Waals surface area contributed by atoms with Gasteiger partial charge in [0.1, 0.15) is 17.9 Å². The smallest absolute Gasteiger partial charge is 0.328 e. The summed E-state index contributed by atoms with van der Waals surface area (Å²) in [7, 11) is 1.30. The van der Waals surface area contributed by atoms with Gasteiger partial charge in [0.2, 0.25) is 0 Å². The monoisotopic (exact) mass is 422 g/mol. The molecule has 2 N–H and O–H groups in total. The maximum absolute atomic E-state index is 13.7. The minimum absolute atomic E-state index is 0.0300. The number of carbonyl (C=O) groups excluding carboxylic acids is 2. The van der Waals surface area contributed by atoms with E-state index in [1.54, 1.807) is 17.3 Å². The Balaban J connectivity index is 1.94. The summed E-state index contributed by atoms with van der Waals surface area (Å²) in [5.41, 5.74) is 2.22. The Bertz CT molecular complexity index is 904. The van der Waals surface area contributed by atoms with Crippen molar-refractivity contribution in [2.75, 3.05) is 13.7 Å². The summed E-state index contributed by atoms with van der Waals surface area (Å²) in [4.78, 5) is 34.4. The predicted molar refractivity (Wildman–Crippen MR) is 106 cm³/mol. The topological polar surface area (TPSA) is 87.3 Å². The van der Waals surface area contributed by atoms with E-state index in [0.29, 0.717) is 30.6 Å². The molecule has 2 heterocycles. The number of esters is 1. The molecule has 3 rings (SSSR count). The number of methoxy groups -OCH3 is 1. The zero-order chi connectivity index (χ0) is 21.1. The van der Waals surface area contributed by atoms with Crippen molar-refractivity contribution < 1.29 is 18.7 Å². The van der Waals surface area contributed by atoms with Crippen molar-refractivity contribution in [2.45, 2.75) is 38.8 Å². The van der Waals surface area contributed by atoms with Gasteiger partial charge in [-0.25, -0.2) is 19.0 Å². The molecule has 1 aromatic carbocycles. The molecule has 1 aliphatic heterocycles. The number of ether oxygens (including phenoxy) is 1. The first-order valence-electron chi connectivity index (χ1n) is 9.49. The summed E-state index contributed by atoms with van der Waals surface area (Å²) in [6, 6.07) is 2.61. The van der Waals surface area contributed by atoms with E-state index in [-0.39, 0.29) is 10.9 Å². The van der Waals surface area contributed by atoms with Crippen LogP contribution in [0.2, 0.25) is 5.02 Å². The minimum atomic E-state index is -0.768. The molecule has 0 bridgehead atoms. The van der Waals surface area contributed by atoms with Gasteiger partial charge in [-0.05, 0) is 23.6 Å². The zero-order valence-corrected chi connectivity index (χ0v) is 17.3. The number of hydrogen-bond acceptors (Lipinski definition) is 4. The van der Waals surface area contributed by atoms with Gasteiger partial charge in [0.25, 0.3) is 0 Å². The molecule has 3 atom stereocenters. The summed E-state index contributed by atoms with van der Waals surface area (Å²) in [6.07, 6.45) is 2.85. The highest BCUT2D eigenvalue weighted by Gasteiger charge is 2.37. The molecule has 0 fully saturated rings. The van der Waals surface area contributed by atoms with E-state index in [1.165, 1.54) is 19.2 Å². The first kappa shape index (κ1) is 21.1. The summed E-state index contributed by atoms with van der Waals surface area (Å²) < 4.78 is 18.5. The van der Waals surface area contributed by atoms with Crippen LogP contribution in [-0.4, -0.2) is 46.6 Å². The van der Waals surface area contributed by atoms with Gasteiger partial charge in [0.15, 0.2) is 0 Å². The number of hydrogen-bond donors (Lipinski definition) is 2. The van der Waals surface area contributed by atoms with Crippen LogP contribution in [0.4, 0.5) is 9.18 Å². The maximum atomic E-state index is 13.7. The molecule has 1 aliphatic rings. The molecule has 0 saturated heterocycles. The number of H-pyrrole nitrogens is 1. The Morgan fingerprint density at radius 2 is 2.24 bits per heavy atom. The fourth-order valence-corrected chi connectivity index (χ4v) is 3.72. The van der Waals surface area contributed by atoms with E-state index in [2.05, 4.69) is 15.3 Å². The van der Waals surface area contributed by atoms with E-state index in [1.807, 2.05) is 13.8 Å². The van der Waals surface area contributed by atoms with Crippen LogP contribution in [0, 0.1) is 11.7 Å². The Morgan fingerprint density at radius 3 is 2.90 bits per heavy atom. The van der Waals surface area contributed by atoms with E-state index in [9.17, 15) is 14.0 Å². The normalized spacial score (nSPS) is 18.0. The Hall–Kier alpha value is -2.61. The lowest BCUT2D eigenvalue weighted by Gasteiger charge is -2.36. The van der Waals surface area contributed by atoms with E-state index >= 15 is 0 Å². The molecular formula is C20H24ClFN4O3. The van der Waals surface area contributed by atoms with Crippen molar-refractivity contribution in [2.24, 2.45) is 5.92 Å². The number of urea groups is 1. The summed E-state index contributed by atoms with van der Waals surface area (Å²) in [5, 5.41) is 2.77. The lowest BCUT2D eigenvalue weighted by Crippen LogP contribution is -2.53.